The van der Waals surface area contributed by atoms with Crippen molar-refractivity contribution in [3.63, 3.8) is 0 Å². The van der Waals surface area contributed by atoms with Crippen molar-refractivity contribution in [3.8, 4) is 5.75 Å². The first-order valence-corrected chi connectivity index (χ1v) is 9.36. The normalized spacial score (nSPS) is 11.3. The molecule has 0 bridgehead atoms. The van der Waals surface area contributed by atoms with Gasteiger partial charge in [-0.15, -0.1) is 0 Å². The molecule has 5 heteroatoms. The topological polar surface area (TPSA) is 61.8 Å². The Morgan fingerprint density at radius 1 is 0.962 bits per heavy atom. The highest BCUT2D eigenvalue weighted by Gasteiger charge is 2.28. The van der Waals surface area contributed by atoms with Crippen LogP contribution in [0.4, 0.5) is 0 Å². The zero-order valence-corrected chi connectivity index (χ0v) is 16.7. The van der Waals surface area contributed by atoms with Gasteiger partial charge in [0.1, 0.15) is 5.75 Å². The monoisotopic (exact) mass is 364 g/mol. The highest BCUT2D eigenvalue weighted by molar-refractivity contribution is 5.94. The number of unbranched alkanes of at least 4 members (excludes halogenated alkanes) is 1. The van der Waals surface area contributed by atoms with Crippen LogP contribution < -0.4 is 4.74 Å². The molecule has 0 aliphatic heterocycles. The lowest BCUT2D eigenvalue weighted by Crippen LogP contribution is -2.28. The molecule has 0 spiro atoms. The zero-order valence-electron chi connectivity index (χ0n) is 16.7. The molecule has 0 aromatic heterocycles. The van der Waals surface area contributed by atoms with E-state index >= 15 is 0 Å². The Morgan fingerprint density at radius 2 is 1.54 bits per heavy atom. The maximum atomic E-state index is 11.9. The van der Waals surface area contributed by atoms with Crippen molar-refractivity contribution in [2.45, 2.75) is 59.3 Å². The van der Waals surface area contributed by atoms with Gasteiger partial charge >= 0.3 is 11.9 Å². The van der Waals surface area contributed by atoms with Crippen molar-refractivity contribution < 1.29 is 23.8 Å². The van der Waals surface area contributed by atoms with Crippen LogP contribution in [-0.2, 0) is 24.5 Å². The lowest BCUT2D eigenvalue weighted by Gasteiger charge is -2.22. The average Bonchev–Trinajstić information content (AvgIpc) is 2.57. The molecule has 0 N–H and O–H groups in total. The van der Waals surface area contributed by atoms with E-state index < -0.39 is 17.9 Å². The highest BCUT2D eigenvalue weighted by Crippen LogP contribution is 2.31. The van der Waals surface area contributed by atoms with E-state index in [0.717, 1.165) is 17.7 Å². The van der Waals surface area contributed by atoms with E-state index in [1.165, 1.54) is 0 Å². The number of ether oxygens (including phenoxy) is 3. The van der Waals surface area contributed by atoms with Gasteiger partial charge < -0.3 is 14.2 Å². The standard InChI is InChI=1S/C21H32O5/c1-6-24-19(22)16(20(23)25-7-2)12-10-11-15-26-18-14-9-8-13-17(18)21(3,4)5/h8-9,13-14,16H,6-7,10-12,15H2,1-5H3. The fraction of sp³-hybridized carbons (Fsp3) is 0.619. The summed E-state index contributed by atoms with van der Waals surface area (Å²) in [6.07, 6.45) is 1.83. The first-order chi connectivity index (χ1) is 12.3. The quantitative estimate of drug-likeness (QED) is 0.352. The number of esters is 2. The minimum atomic E-state index is -0.850. The summed E-state index contributed by atoms with van der Waals surface area (Å²) in [6, 6.07) is 8.02. The first-order valence-electron chi connectivity index (χ1n) is 9.36. The Hall–Kier alpha value is -2.04. The van der Waals surface area contributed by atoms with E-state index in [9.17, 15) is 9.59 Å². The maximum Gasteiger partial charge on any atom is 0.320 e. The minimum absolute atomic E-state index is 0.00943. The maximum absolute atomic E-state index is 11.9. The molecule has 0 atom stereocenters. The average molecular weight is 364 g/mol. The Kier molecular flexibility index (Phi) is 9.17. The summed E-state index contributed by atoms with van der Waals surface area (Å²) in [4.78, 5) is 23.9. The summed E-state index contributed by atoms with van der Waals surface area (Å²) in [5.74, 6) is -0.987. The van der Waals surface area contributed by atoms with Crippen LogP contribution in [0.3, 0.4) is 0 Å². The van der Waals surface area contributed by atoms with Gasteiger partial charge in [-0.25, -0.2) is 0 Å². The predicted molar refractivity (Wildman–Crippen MR) is 101 cm³/mol. The molecular weight excluding hydrogens is 332 g/mol. The number of para-hydroxylation sites is 1. The van der Waals surface area contributed by atoms with Crippen molar-refractivity contribution in [1.82, 2.24) is 0 Å². The van der Waals surface area contributed by atoms with Gasteiger partial charge in [0, 0.05) is 0 Å². The van der Waals surface area contributed by atoms with Crippen molar-refractivity contribution >= 4 is 11.9 Å². The van der Waals surface area contributed by atoms with E-state index in [1.807, 2.05) is 18.2 Å². The summed E-state index contributed by atoms with van der Waals surface area (Å²) in [7, 11) is 0. The van der Waals surface area contributed by atoms with Crippen LogP contribution in [0.5, 0.6) is 5.75 Å². The molecule has 1 aromatic carbocycles. The van der Waals surface area contributed by atoms with Gasteiger partial charge in [-0.1, -0.05) is 39.0 Å². The second kappa shape index (κ2) is 10.8. The van der Waals surface area contributed by atoms with Gasteiger partial charge in [0.15, 0.2) is 5.92 Å². The molecule has 0 saturated carbocycles. The van der Waals surface area contributed by atoms with Crippen molar-refractivity contribution in [3.05, 3.63) is 29.8 Å². The Balaban J connectivity index is 2.52. The number of rotatable bonds is 10. The predicted octanol–water partition coefficient (Wildman–Crippen LogP) is 4.28. The van der Waals surface area contributed by atoms with Gasteiger partial charge in [0.05, 0.1) is 19.8 Å². The molecule has 0 unspecified atom stereocenters. The minimum Gasteiger partial charge on any atom is -0.493 e. The molecule has 0 radical (unpaired) electrons. The second-order valence-corrected chi connectivity index (χ2v) is 7.15. The largest absolute Gasteiger partial charge is 0.493 e. The van der Waals surface area contributed by atoms with Crippen LogP contribution in [0.2, 0.25) is 0 Å². The van der Waals surface area contributed by atoms with Crippen LogP contribution in [0.1, 0.15) is 59.4 Å². The van der Waals surface area contributed by atoms with E-state index in [4.69, 9.17) is 14.2 Å². The molecule has 0 aliphatic carbocycles. The highest BCUT2D eigenvalue weighted by atomic mass is 16.6. The van der Waals surface area contributed by atoms with Crippen molar-refractivity contribution in [2.75, 3.05) is 19.8 Å². The van der Waals surface area contributed by atoms with E-state index in [2.05, 4.69) is 26.8 Å². The van der Waals surface area contributed by atoms with Gasteiger partial charge in [0.25, 0.3) is 0 Å². The Morgan fingerprint density at radius 3 is 2.08 bits per heavy atom. The summed E-state index contributed by atoms with van der Waals surface area (Å²) in [5.41, 5.74) is 1.17. The van der Waals surface area contributed by atoms with Crippen LogP contribution in [-0.4, -0.2) is 31.8 Å². The Bertz CT molecular complexity index is 556. The molecule has 5 nitrogen and oxygen atoms in total. The van der Waals surface area contributed by atoms with E-state index in [0.29, 0.717) is 19.4 Å². The summed E-state index contributed by atoms with van der Waals surface area (Å²) in [6.45, 7) is 10.9. The van der Waals surface area contributed by atoms with Crippen LogP contribution in [0, 0.1) is 5.92 Å². The third-order valence-corrected chi connectivity index (χ3v) is 3.98. The molecule has 1 aromatic rings. The number of carbonyl (C=O) groups excluding carboxylic acids is 2. The third kappa shape index (κ3) is 7.06. The molecule has 26 heavy (non-hydrogen) atoms. The summed E-state index contributed by atoms with van der Waals surface area (Å²) >= 11 is 0. The summed E-state index contributed by atoms with van der Waals surface area (Å²) < 4.78 is 15.9. The van der Waals surface area contributed by atoms with E-state index in [-0.39, 0.29) is 18.6 Å². The molecule has 0 heterocycles. The van der Waals surface area contributed by atoms with Crippen LogP contribution in [0.15, 0.2) is 24.3 Å². The lowest BCUT2D eigenvalue weighted by atomic mass is 9.86. The first kappa shape index (κ1) is 22.0. The SMILES string of the molecule is CCOC(=O)C(CCCCOc1ccccc1C(C)(C)C)C(=O)OCC. The van der Waals surface area contributed by atoms with Crippen molar-refractivity contribution in [1.29, 1.82) is 0 Å². The fourth-order valence-corrected chi connectivity index (χ4v) is 2.66. The smallest absolute Gasteiger partial charge is 0.320 e. The van der Waals surface area contributed by atoms with Gasteiger partial charge in [-0.2, -0.15) is 0 Å². The number of benzene rings is 1. The van der Waals surface area contributed by atoms with E-state index in [1.54, 1.807) is 13.8 Å². The molecule has 0 saturated heterocycles. The number of hydrogen-bond donors (Lipinski definition) is 0. The Labute approximate surface area is 157 Å². The number of hydrogen-bond acceptors (Lipinski definition) is 5. The molecule has 0 amide bonds. The summed E-state index contributed by atoms with van der Waals surface area (Å²) in [5, 5.41) is 0. The second-order valence-electron chi connectivity index (χ2n) is 7.15. The number of carbonyl (C=O) groups is 2. The lowest BCUT2D eigenvalue weighted by molar-refractivity contribution is -0.162. The van der Waals surface area contributed by atoms with Crippen molar-refractivity contribution in [2.24, 2.45) is 5.92 Å². The molecule has 1 rings (SSSR count). The molecule has 0 fully saturated rings. The van der Waals surface area contributed by atoms with Gasteiger partial charge in [-0.3, -0.25) is 9.59 Å². The van der Waals surface area contributed by atoms with Crippen LogP contribution >= 0.6 is 0 Å². The molecule has 0 aliphatic rings. The van der Waals surface area contributed by atoms with Crippen LogP contribution in [0.25, 0.3) is 0 Å². The molecule has 146 valence electrons. The molecular formula is C21H32O5. The fourth-order valence-electron chi connectivity index (χ4n) is 2.66. The third-order valence-electron chi connectivity index (χ3n) is 3.98. The van der Waals surface area contributed by atoms with Gasteiger partial charge in [-0.05, 0) is 50.2 Å². The van der Waals surface area contributed by atoms with Gasteiger partial charge in [0.2, 0.25) is 0 Å². The zero-order chi connectivity index (χ0) is 19.6.